The molecule has 0 amide bonds. The van der Waals surface area contributed by atoms with Crippen LogP contribution in [0.15, 0.2) is 48.8 Å². The van der Waals surface area contributed by atoms with E-state index in [-0.39, 0.29) is 6.54 Å². The van der Waals surface area contributed by atoms with Crippen LogP contribution in [-0.2, 0) is 11.3 Å². The van der Waals surface area contributed by atoms with Gasteiger partial charge in [-0.3, -0.25) is 0 Å². The Morgan fingerprint density at radius 1 is 0.935 bits per heavy atom. The lowest BCUT2D eigenvalue weighted by Crippen LogP contribution is -2.36. The number of aromatic nitrogens is 2. The quantitative estimate of drug-likeness (QED) is 0.691. The zero-order valence-corrected chi connectivity index (χ0v) is 17.0. The van der Waals surface area contributed by atoms with Crippen LogP contribution in [0.25, 0.3) is 11.1 Å². The van der Waals surface area contributed by atoms with Gasteiger partial charge in [0.15, 0.2) is 0 Å². The number of fused-ring (bicyclic) bond motifs is 1. The van der Waals surface area contributed by atoms with Gasteiger partial charge in [-0.05, 0) is 36.4 Å². The van der Waals surface area contributed by atoms with Crippen molar-refractivity contribution in [2.24, 2.45) is 0 Å². The van der Waals surface area contributed by atoms with E-state index in [0.29, 0.717) is 31.9 Å². The van der Waals surface area contributed by atoms with Crippen LogP contribution >= 0.6 is 0 Å². The van der Waals surface area contributed by atoms with Gasteiger partial charge in [-0.15, -0.1) is 0 Å². The molecule has 1 aromatic carbocycles. The maximum absolute atomic E-state index is 14.2. The highest BCUT2D eigenvalue weighted by molar-refractivity contribution is 5.76. The molecule has 4 heterocycles. The minimum Gasteiger partial charge on any atom is -0.378 e. The lowest BCUT2D eigenvalue weighted by Gasteiger charge is -2.32. The second-order valence-electron chi connectivity index (χ2n) is 7.68. The summed E-state index contributed by atoms with van der Waals surface area (Å²) >= 11 is 0. The minimum absolute atomic E-state index is 0.275. The van der Waals surface area contributed by atoms with Crippen molar-refractivity contribution in [3.63, 3.8) is 0 Å². The number of nitrogens with one attached hydrogen (secondary N) is 1. The van der Waals surface area contributed by atoms with E-state index >= 15 is 0 Å². The van der Waals surface area contributed by atoms with Crippen LogP contribution in [0.1, 0.15) is 5.56 Å². The smallest absolute Gasteiger partial charge is 0.149 e. The van der Waals surface area contributed by atoms with Crippen molar-refractivity contribution in [3.8, 4) is 11.1 Å². The molecule has 2 aliphatic rings. The third-order valence-corrected chi connectivity index (χ3v) is 5.67. The number of hydrogen-bond acceptors (Lipinski definition) is 6. The first-order valence-corrected chi connectivity index (χ1v) is 10.4. The first-order valence-electron chi connectivity index (χ1n) is 10.4. The molecule has 6 nitrogen and oxygen atoms in total. The molecule has 0 spiro atoms. The van der Waals surface area contributed by atoms with Crippen molar-refractivity contribution < 1.29 is 13.5 Å². The molecule has 1 saturated heterocycles. The first kappa shape index (κ1) is 19.7. The van der Waals surface area contributed by atoms with E-state index in [9.17, 15) is 8.78 Å². The summed E-state index contributed by atoms with van der Waals surface area (Å²) in [4.78, 5) is 13.4. The van der Waals surface area contributed by atoms with Crippen LogP contribution in [0.2, 0.25) is 0 Å². The van der Waals surface area contributed by atoms with Gasteiger partial charge in [-0.2, -0.15) is 0 Å². The van der Waals surface area contributed by atoms with Crippen molar-refractivity contribution in [1.29, 1.82) is 0 Å². The predicted octanol–water partition coefficient (Wildman–Crippen LogP) is 3.69. The van der Waals surface area contributed by atoms with Crippen LogP contribution in [0.4, 0.5) is 26.1 Å². The SMILES string of the molecule is Fc1ccc(F)c(CN2CCNc3ncc(-c4ccc(N5CCOCC5)nc4)cc32)c1. The van der Waals surface area contributed by atoms with Crippen molar-refractivity contribution >= 4 is 17.3 Å². The molecule has 3 aromatic rings. The molecule has 5 rings (SSSR count). The fraction of sp³-hybridized carbons (Fsp3) is 0.304. The van der Waals surface area contributed by atoms with Gasteiger partial charge >= 0.3 is 0 Å². The normalized spacial score (nSPS) is 16.1. The topological polar surface area (TPSA) is 53.5 Å². The van der Waals surface area contributed by atoms with E-state index in [2.05, 4.69) is 20.2 Å². The van der Waals surface area contributed by atoms with E-state index in [0.717, 1.165) is 47.6 Å². The number of rotatable bonds is 4. The summed E-state index contributed by atoms with van der Waals surface area (Å²) in [6.45, 7) is 4.74. The van der Waals surface area contributed by atoms with Gasteiger partial charge in [0, 0.05) is 61.8 Å². The standard InChI is InChI=1S/C23H23F2N5O/c24-19-2-3-20(25)18(11-19)15-30-6-5-26-23-21(30)12-17(14-28-23)16-1-4-22(27-13-16)29-7-9-31-10-8-29/h1-4,11-14H,5-10,15H2,(H,26,28). The molecule has 0 unspecified atom stereocenters. The largest absolute Gasteiger partial charge is 0.378 e. The van der Waals surface area contributed by atoms with Crippen LogP contribution in [0.3, 0.4) is 0 Å². The monoisotopic (exact) mass is 423 g/mol. The highest BCUT2D eigenvalue weighted by atomic mass is 19.1. The van der Waals surface area contributed by atoms with E-state index in [1.807, 2.05) is 35.5 Å². The molecule has 2 aromatic heterocycles. The molecule has 160 valence electrons. The zero-order chi connectivity index (χ0) is 21.2. The molecule has 0 atom stereocenters. The fourth-order valence-electron chi connectivity index (χ4n) is 3.99. The molecule has 0 saturated carbocycles. The lowest BCUT2D eigenvalue weighted by molar-refractivity contribution is 0.122. The van der Waals surface area contributed by atoms with Crippen LogP contribution in [0, 0.1) is 11.6 Å². The van der Waals surface area contributed by atoms with Gasteiger partial charge in [0.1, 0.15) is 23.3 Å². The third-order valence-electron chi connectivity index (χ3n) is 5.67. The summed E-state index contributed by atoms with van der Waals surface area (Å²) in [6, 6.07) is 9.63. The molecule has 1 fully saturated rings. The second-order valence-corrected chi connectivity index (χ2v) is 7.68. The van der Waals surface area contributed by atoms with Gasteiger partial charge in [0.05, 0.1) is 18.9 Å². The van der Waals surface area contributed by atoms with Crippen LogP contribution in [-0.4, -0.2) is 49.4 Å². The van der Waals surface area contributed by atoms with Crippen LogP contribution in [0.5, 0.6) is 0 Å². The third kappa shape index (κ3) is 4.16. The van der Waals surface area contributed by atoms with Crippen molar-refractivity contribution in [2.45, 2.75) is 6.54 Å². The molecular weight excluding hydrogens is 400 g/mol. The Morgan fingerprint density at radius 2 is 1.77 bits per heavy atom. The van der Waals surface area contributed by atoms with Gasteiger partial charge in [-0.1, -0.05) is 0 Å². The number of anilines is 3. The Hall–Kier alpha value is -3.26. The highest BCUT2D eigenvalue weighted by Crippen LogP contribution is 2.33. The molecule has 2 aliphatic heterocycles. The number of pyridine rings is 2. The van der Waals surface area contributed by atoms with E-state index < -0.39 is 11.6 Å². The Kier molecular flexibility index (Phi) is 5.38. The second kappa shape index (κ2) is 8.47. The van der Waals surface area contributed by atoms with E-state index in [1.54, 1.807) is 0 Å². The number of hydrogen-bond donors (Lipinski definition) is 1. The summed E-state index contributed by atoms with van der Waals surface area (Å²) in [6.07, 6.45) is 3.66. The van der Waals surface area contributed by atoms with Gasteiger partial charge < -0.3 is 19.9 Å². The lowest BCUT2D eigenvalue weighted by atomic mass is 10.1. The number of ether oxygens (including phenoxy) is 1. The Bertz CT molecular complexity index is 1070. The molecular formula is C23H23F2N5O. The average Bonchev–Trinajstić information content (AvgIpc) is 2.82. The molecule has 1 N–H and O–H groups in total. The summed E-state index contributed by atoms with van der Waals surface area (Å²) in [5.74, 6) is 0.825. The molecule has 31 heavy (non-hydrogen) atoms. The summed E-state index contributed by atoms with van der Waals surface area (Å²) < 4.78 is 33.2. The molecule has 0 radical (unpaired) electrons. The van der Waals surface area contributed by atoms with Crippen LogP contribution < -0.4 is 15.1 Å². The van der Waals surface area contributed by atoms with E-state index in [4.69, 9.17) is 4.74 Å². The van der Waals surface area contributed by atoms with Gasteiger partial charge in [-0.25, -0.2) is 18.7 Å². The number of morpholine rings is 1. The van der Waals surface area contributed by atoms with Gasteiger partial charge in [0.25, 0.3) is 0 Å². The van der Waals surface area contributed by atoms with Crippen molar-refractivity contribution in [1.82, 2.24) is 9.97 Å². The van der Waals surface area contributed by atoms with Crippen molar-refractivity contribution in [2.75, 3.05) is 54.5 Å². The van der Waals surface area contributed by atoms with Crippen molar-refractivity contribution in [3.05, 3.63) is 66.0 Å². The maximum atomic E-state index is 14.2. The summed E-state index contributed by atoms with van der Waals surface area (Å²) in [5, 5.41) is 3.28. The molecule has 8 heteroatoms. The van der Waals surface area contributed by atoms with E-state index in [1.165, 1.54) is 12.1 Å². The molecule has 0 bridgehead atoms. The summed E-state index contributed by atoms with van der Waals surface area (Å²) in [7, 11) is 0. The Balaban J connectivity index is 1.41. The number of benzene rings is 1. The predicted molar refractivity (Wildman–Crippen MR) is 116 cm³/mol. The first-order chi connectivity index (χ1) is 15.2. The Morgan fingerprint density at radius 3 is 2.58 bits per heavy atom. The van der Waals surface area contributed by atoms with Gasteiger partial charge in [0.2, 0.25) is 0 Å². The highest BCUT2D eigenvalue weighted by Gasteiger charge is 2.20. The fourth-order valence-corrected chi connectivity index (χ4v) is 3.99. The number of halogens is 2. The Labute approximate surface area is 179 Å². The zero-order valence-electron chi connectivity index (χ0n) is 17.0. The minimum atomic E-state index is -0.440. The maximum Gasteiger partial charge on any atom is 0.149 e. The summed E-state index contributed by atoms with van der Waals surface area (Å²) in [5.41, 5.74) is 3.07. The molecule has 0 aliphatic carbocycles. The average molecular weight is 423 g/mol. The number of nitrogens with zero attached hydrogens (tertiary/aromatic N) is 4.